The third-order valence-electron chi connectivity index (χ3n) is 4.41. The van der Waals surface area contributed by atoms with E-state index in [0.29, 0.717) is 12.1 Å². The highest BCUT2D eigenvalue weighted by atomic mass is 15.2. The molecule has 104 valence electrons. The summed E-state index contributed by atoms with van der Waals surface area (Å²) in [5.74, 6) is 0. The van der Waals surface area contributed by atoms with Gasteiger partial charge < -0.3 is 10.2 Å². The smallest absolute Gasteiger partial charge is 0.0782 e. The number of aromatic nitrogens is 2. The maximum Gasteiger partial charge on any atom is 0.0782 e. The van der Waals surface area contributed by atoms with Crippen molar-refractivity contribution in [3.63, 3.8) is 0 Å². The summed E-state index contributed by atoms with van der Waals surface area (Å²) in [5, 5.41) is 3.73. The Labute approximate surface area is 115 Å². The first kappa shape index (κ1) is 13.0. The minimum Gasteiger partial charge on any atom is -0.306 e. The van der Waals surface area contributed by atoms with Crippen LogP contribution in [0.25, 0.3) is 0 Å². The van der Waals surface area contributed by atoms with Crippen LogP contribution in [-0.2, 0) is 0 Å². The predicted molar refractivity (Wildman–Crippen MR) is 75.9 cm³/mol. The summed E-state index contributed by atoms with van der Waals surface area (Å²) in [4.78, 5) is 11.5. The van der Waals surface area contributed by atoms with Gasteiger partial charge in [-0.25, -0.2) is 0 Å². The number of hydrogen-bond acceptors (Lipinski definition) is 4. The second-order valence-electron chi connectivity index (χ2n) is 5.96. The summed E-state index contributed by atoms with van der Waals surface area (Å²) in [6, 6.07) is 1.85. The molecule has 1 aromatic heterocycles. The Bertz CT molecular complexity index is 422. The van der Waals surface area contributed by atoms with Gasteiger partial charge in [0.25, 0.3) is 0 Å². The molecule has 0 amide bonds. The van der Waals surface area contributed by atoms with Gasteiger partial charge in [0.15, 0.2) is 0 Å². The van der Waals surface area contributed by atoms with Gasteiger partial charge in [-0.05, 0) is 52.6 Å². The van der Waals surface area contributed by atoms with Crippen molar-refractivity contribution in [2.75, 3.05) is 13.1 Å². The monoisotopic (exact) mass is 260 g/mol. The third-order valence-corrected chi connectivity index (χ3v) is 4.41. The molecule has 19 heavy (non-hydrogen) atoms. The molecule has 2 heterocycles. The van der Waals surface area contributed by atoms with Crippen LogP contribution in [0.2, 0.25) is 0 Å². The fraction of sp³-hybridized carbons (Fsp3) is 0.733. The predicted octanol–water partition coefficient (Wildman–Crippen LogP) is 2.06. The van der Waals surface area contributed by atoms with Crippen molar-refractivity contribution in [3.8, 4) is 0 Å². The molecule has 2 aliphatic rings. The van der Waals surface area contributed by atoms with Crippen molar-refractivity contribution in [1.82, 2.24) is 20.2 Å². The average Bonchev–Trinajstić information content (AvgIpc) is 3.24. The Kier molecular flexibility index (Phi) is 3.80. The minimum atomic E-state index is 0.297. The van der Waals surface area contributed by atoms with Crippen LogP contribution >= 0.6 is 0 Å². The lowest BCUT2D eigenvalue weighted by Crippen LogP contribution is -2.44. The number of rotatable bonds is 4. The molecule has 1 atom stereocenters. The molecule has 1 aliphatic heterocycles. The summed E-state index contributed by atoms with van der Waals surface area (Å²) in [6.07, 6.45) is 8.93. The largest absolute Gasteiger partial charge is 0.306 e. The highest BCUT2D eigenvalue weighted by molar-refractivity contribution is 5.12. The molecular weight excluding hydrogens is 236 g/mol. The zero-order valence-electron chi connectivity index (χ0n) is 12.0. The quantitative estimate of drug-likeness (QED) is 0.899. The molecule has 1 saturated carbocycles. The van der Waals surface area contributed by atoms with Crippen molar-refractivity contribution >= 4 is 0 Å². The van der Waals surface area contributed by atoms with E-state index in [2.05, 4.69) is 27.1 Å². The van der Waals surface area contributed by atoms with E-state index in [9.17, 15) is 0 Å². The van der Waals surface area contributed by atoms with Crippen LogP contribution < -0.4 is 5.32 Å². The molecule has 1 aromatic rings. The number of likely N-dealkylation sites (tertiary alicyclic amines) is 1. The average molecular weight is 260 g/mol. The first-order valence-corrected chi connectivity index (χ1v) is 7.51. The molecule has 1 unspecified atom stereocenters. The summed E-state index contributed by atoms with van der Waals surface area (Å²) >= 11 is 0. The van der Waals surface area contributed by atoms with Gasteiger partial charge in [-0.15, -0.1) is 0 Å². The van der Waals surface area contributed by atoms with E-state index in [1.165, 1.54) is 38.8 Å². The van der Waals surface area contributed by atoms with Crippen molar-refractivity contribution < 1.29 is 0 Å². The van der Waals surface area contributed by atoms with Gasteiger partial charge in [-0.1, -0.05) is 0 Å². The molecule has 0 aromatic carbocycles. The standard InChI is InChI=1S/C15H24N4/c1-11-15(17-8-7-16-11)12(2)18-13-5-9-19(10-6-13)14-3-4-14/h7-8,12-14,18H,3-6,9-10H2,1-2H3. The minimum absolute atomic E-state index is 0.297. The number of piperidine rings is 1. The second kappa shape index (κ2) is 5.55. The van der Waals surface area contributed by atoms with Gasteiger partial charge in [0.2, 0.25) is 0 Å². The summed E-state index contributed by atoms with van der Waals surface area (Å²) in [6.45, 7) is 6.75. The lowest BCUT2D eigenvalue weighted by molar-refractivity contribution is 0.184. The van der Waals surface area contributed by atoms with E-state index in [0.717, 1.165) is 17.4 Å². The van der Waals surface area contributed by atoms with E-state index in [-0.39, 0.29) is 0 Å². The molecule has 1 aliphatic carbocycles. The van der Waals surface area contributed by atoms with Crippen molar-refractivity contribution in [1.29, 1.82) is 0 Å². The van der Waals surface area contributed by atoms with Crippen LogP contribution in [0.1, 0.15) is 50.0 Å². The van der Waals surface area contributed by atoms with E-state index >= 15 is 0 Å². The fourth-order valence-corrected chi connectivity index (χ4v) is 3.15. The fourth-order valence-electron chi connectivity index (χ4n) is 3.15. The van der Waals surface area contributed by atoms with Crippen LogP contribution in [0.4, 0.5) is 0 Å². The van der Waals surface area contributed by atoms with Gasteiger partial charge in [0.05, 0.1) is 11.4 Å². The lowest BCUT2D eigenvalue weighted by atomic mass is 10.0. The summed E-state index contributed by atoms with van der Waals surface area (Å²) in [5.41, 5.74) is 2.13. The van der Waals surface area contributed by atoms with Gasteiger partial charge in [-0.2, -0.15) is 0 Å². The second-order valence-corrected chi connectivity index (χ2v) is 5.96. The van der Waals surface area contributed by atoms with E-state index in [1.807, 2.05) is 6.92 Å². The summed E-state index contributed by atoms with van der Waals surface area (Å²) < 4.78 is 0. The van der Waals surface area contributed by atoms with Crippen LogP contribution in [0.3, 0.4) is 0 Å². The maximum atomic E-state index is 4.46. The highest BCUT2D eigenvalue weighted by Gasteiger charge is 2.32. The van der Waals surface area contributed by atoms with E-state index in [4.69, 9.17) is 0 Å². The first-order chi connectivity index (χ1) is 9.24. The first-order valence-electron chi connectivity index (χ1n) is 7.51. The van der Waals surface area contributed by atoms with Crippen LogP contribution in [0.15, 0.2) is 12.4 Å². The SMILES string of the molecule is Cc1nccnc1C(C)NC1CCN(C2CC2)CC1. The van der Waals surface area contributed by atoms with Gasteiger partial charge in [0, 0.05) is 30.5 Å². The molecule has 1 N–H and O–H groups in total. The highest BCUT2D eigenvalue weighted by Crippen LogP contribution is 2.29. The zero-order chi connectivity index (χ0) is 13.2. The number of aryl methyl sites for hydroxylation is 1. The van der Waals surface area contributed by atoms with Crippen molar-refractivity contribution in [2.45, 2.75) is 57.7 Å². The molecule has 4 heteroatoms. The molecule has 2 fully saturated rings. The Morgan fingerprint density at radius 1 is 1.16 bits per heavy atom. The number of hydrogen-bond donors (Lipinski definition) is 1. The topological polar surface area (TPSA) is 41.1 Å². The molecule has 0 spiro atoms. The molecular formula is C15H24N4. The molecule has 0 radical (unpaired) electrons. The van der Waals surface area contributed by atoms with Crippen molar-refractivity contribution in [3.05, 3.63) is 23.8 Å². The number of nitrogens with one attached hydrogen (secondary N) is 1. The van der Waals surface area contributed by atoms with Crippen LogP contribution in [0.5, 0.6) is 0 Å². The van der Waals surface area contributed by atoms with Gasteiger partial charge in [-0.3, -0.25) is 9.97 Å². The van der Waals surface area contributed by atoms with E-state index in [1.54, 1.807) is 12.4 Å². The normalized spacial score (nSPS) is 23.5. The molecule has 4 nitrogen and oxygen atoms in total. The van der Waals surface area contributed by atoms with Gasteiger partial charge in [0.1, 0.15) is 0 Å². The lowest BCUT2D eigenvalue weighted by Gasteiger charge is -2.34. The molecule has 1 saturated heterocycles. The zero-order valence-corrected chi connectivity index (χ0v) is 12.0. The Hall–Kier alpha value is -1.00. The molecule has 0 bridgehead atoms. The Balaban J connectivity index is 1.52. The van der Waals surface area contributed by atoms with Crippen molar-refractivity contribution in [2.24, 2.45) is 0 Å². The Morgan fingerprint density at radius 2 is 1.84 bits per heavy atom. The molecule has 3 rings (SSSR count). The van der Waals surface area contributed by atoms with Gasteiger partial charge >= 0.3 is 0 Å². The number of nitrogens with zero attached hydrogens (tertiary/aromatic N) is 3. The van der Waals surface area contributed by atoms with Crippen LogP contribution in [0, 0.1) is 6.92 Å². The van der Waals surface area contributed by atoms with Crippen LogP contribution in [-0.4, -0.2) is 40.0 Å². The Morgan fingerprint density at radius 3 is 2.47 bits per heavy atom. The maximum absolute atomic E-state index is 4.46. The third kappa shape index (κ3) is 3.12. The summed E-state index contributed by atoms with van der Waals surface area (Å²) in [7, 11) is 0. The van der Waals surface area contributed by atoms with E-state index < -0.39 is 0 Å².